The van der Waals surface area contributed by atoms with Crippen molar-refractivity contribution in [2.45, 2.75) is 78.2 Å². The molecule has 2 aliphatic rings. The molecule has 3 heteroatoms. The molecular weight excluding hydrogens is 288 g/mol. The Hall–Kier alpha value is -0.380. The molecular formula is C20H36O3. The van der Waals surface area contributed by atoms with E-state index in [1.54, 1.807) is 0 Å². The number of aliphatic hydroxyl groups is 3. The molecule has 0 aliphatic heterocycles. The molecule has 5 atom stereocenters. The van der Waals surface area contributed by atoms with Crippen LogP contribution in [0.2, 0.25) is 0 Å². The van der Waals surface area contributed by atoms with Crippen molar-refractivity contribution in [2.75, 3.05) is 13.2 Å². The van der Waals surface area contributed by atoms with Gasteiger partial charge < -0.3 is 15.3 Å². The minimum absolute atomic E-state index is 0.00225. The summed E-state index contributed by atoms with van der Waals surface area (Å²) in [5.74, 6) is 0.739. The number of hydrogen-bond donors (Lipinski definition) is 3. The van der Waals surface area contributed by atoms with Crippen molar-refractivity contribution in [1.29, 1.82) is 0 Å². The monoisotopic (exact) mass is 324 g/mol. The Morgan fingerprint density at radius 1 is 1.13 bits per heavy atom. The van der Waals surface area contributed by atoms with Crippen LogP contribution in [-0.4, -0.2) is 34.1 Å². The van der Waals surface area contributed by atoms with Crippen LogP contribution in [-0.2, 0) is 0 Å². The highest BCUT2D eigenvalue weighted by molar-refractivity contribution is 5.09. The van der Waals surface area contributed by atoms with Crippen molar-refractivity contribution in [3.63, 3.8) is 0 Å². The van der Waals surface area contributed by atoms with Gasteiger partial charge in [-0.1, -0.05) is 31.9 Å². The molecule has 0 bridgehead atoms. The molecule has 2 saturated carbocycles. The molecule has 134 valence electrons. The Kier molecular flexibility index (Phi) is 5.65. The van der Waals surface area contributed by atoms with Gasteiger partial charge in [0.25, 0.3) is 0 Å². The van der Waals surface area contributed by atoms with E-state index in [-0.39, 0.29) is 30.0 Å². The predicted molar refractivity (Wildman–Crippen MR) is 94.1 cm³/mol. The molecule has 0 heterocycles. The summed E-state index contributed by atoms with van der Waals surface area (Å²) >= 11 is 0. The fourth-order valence-electron chi connectivity index (χ4n) is 5.89. The standard InChI is InChI=1S/C20H36O3/c1-15(9-13-21)6-7-17-19(3)11-5-10-18(2,14-22)16(19)8-12-20(17,4)23/h9,16-17,21-23H,5-8,10-14H2,1-4H3/b15-9-/t16-,17+,18-,19-,20+/m1/s1. The van der Waals surface area contributed by atoms with Crippen LogP contribution >= 0.6 is 0 Å². The maximum absolute atomic E-state index is 11.1. The van der Waals surface area contributed by atoms with Gasteiger partial charge >= 0.3 is 0 Å². The van der Waals surface area contributed by atoms with Crippen molar-refractivity contribution in [3.05, 3.63) is 11.6 Å². The highest BCUT2D eigenvalue weighted by atomic mass is 16.3. The van der Waals surface area contributed by atoms with Crippen LogP contribution in [0.25, 0.3) is 0 Å². The number of hydrogen-bond acceptors (Lipinski definition) is 3. The average molecular weight is 325 g/mol. The van der Waals surface area contributed by atoms with Crippen molar-refractivity contribution in [3.8, 4) is 0 Å². The van der Waals surface area contributed by atoms with E-state index in [1.165, 1.54) is 5.57 Å². The third-order valence-electron chi connectivity index (χ3n) is 7.21. The zero-order chi connectivity index (χ0) is 17.3. The number of rotatable bonds is 5. The minimum Gasteiger partial charge on any atom is -0.396 e. The highest BCUT2D eigenvalue weighted by Gasteiger charge is 2.58. The largest absolute Gasteiger partial charge is 0.396 e. The van der Waals surface area contributed by atoms with Crippen molar-refractivity contribution in [1.82, 2.24) is 0 Å². The first-order valence-electron chi connectivity index (χ1n) is 9.29. The first kappa shape index (κ1) is 19.0. The lowest BCUT2D eigenvalue weighted by molar-refractivity contribution is -0.179. The average Bonchev–Trinajstić information content (AvgIpc) is 2.46. The first-order chi connectivity index (χ1) is 10.7. The fraction of sp³-hybridized carbons (Fsp3) is 0.900. The van der Waals surface area contributed by atoms with E-state index in [4.69, 9.17) is 5.11 Å². The summed E-state index contributed by atoms with van der Waals surface area (Å²) in [5.41, 5.74) is 0.669. The zero-order valence-corrected chi connectivity index (χ0v) is 15.4. The van der Waals surface area contributed by atoms with E-state index in [1.807, 2.05) is 13.0 Å². The van der Waals surface area contributed by atoms with Gasteiger partial charge in [-0.2, -0.15) is 0 Å². The summed E-state index contributed by atoms with van der Waals surface area (Å²) in [7, 11) is 0. The highest BCUT2D eigenvalue weighted by Crippen LogP contribution is 2.62. The maximum Gasteiger partial charge on any atom is 0.0653 e. The second kappa shape index (κ2) is 6.85. The van der Waals surface area contributed by atoms with Gasteiger partial charge in [-0.3, -0.25) is 0 Å². The van der Waals surface area contributed by atoms with E-state index in [0.717, 1.165) is 44.9 Å². The molecule has 0 saturated heterocycles. The van der Waals surface area contributed by atoms with Crippen molar-refractivity contribution >= 4 is 0 Å². The van der Waals surface area contributed by atoms with Crippen molar-refractivity contribution in [2.24, 2.45) is 22.7 Å². The normalized spacial score (nSPS) is 44.9. The Bertz CT molecular complexity index is 442. The first-order valence-corrected chi connectivity index (χ1v) is 9.29. The number of allylic oxidation sites excluding steroid dienone is 1. The van der Waals surface area contributed by atoms with E-state index < -0.39 is 5.60 Å². The summed E-state index contributed by atoms with van der Waals surface area (Å²) in [5, 5.41) is 30.2. The summed E-state index contributed by atoms with van der Waals surface area (Å²) in [6.07, 6.45) is 9.00. The quantitative estimate of drug-likeness (QED) is 0.676. The van der Waals surface area contributed by atoms with E-state index in [2.05, 4.69) is 20.8 Å². The van der Waals surface area contributed by atoms with Gasteiger partial charge in [0.15, 0.2) is 0 Å². The van der Waals surface area contributed by atoms with Crippen LogP contribution < -0.4 is 0 Å². The molecule has 23 heavy (non-hydrogen) atoms. The van der Waals surface area contributed by atoms with Crippen LogP contribution in [0.5, 0.6) is 0 Å². The Balaban J connectivity index is 2.27. The minimum atomic E-state index is -0.627. The molecule has 3 N–H and O–H groups in total. The van der Waals surface area contributed by atoms with E-state index in [0.29, 0.717) is 5.92 Å². The molecule has 0 radical (unpaired) electrons. The number of fused-ring (bicyclic) bond motifs is 1. The van der Waals surface area contributed by atoms with Crippen LogP contribution in [0.15, 0.2) is 11.6 Å². The third-order valence-corrected chi connectivity index (χ3v) is 7.21. The Morgan fingerprint density at radius 3 is 2.43 bits per heavy atom. The fourth-order valence-corrected chi connectivity index (χ4v) is 5.89. The van der Waals surface area contributed by atoms with Crippen LogP contribution in [0.3, 0.4) is 0 Å². The Morgan fingerprint density at radius 2 is 1.83 bits per heavy atom. The van der Waals surface area contributed by atoms with Crippen LogP contribution in [0, 0.1) is 22.7 Å². The lowest BCUT2D eigenvalue weighted by Gasteiger charge is -2.61. The lowest BCUT2D eigenvalue weighted by Crippen LogP contribution is -2.58. The van der Waals surface area contributed by atoms with E-state index >= 15 is 0 Å². The van der Waals surface area contributed by atoms with Gasteiger partial charge in [0.1, 0.15) is 0 Å². The topological polar surface area (TPSA) is 60.7 Å². The van der Waals surface area contributed by atoms with Crippen LogP contribution in [0.4, 0.5) is 0 Å². The molecule has 0 aromatic heterocycles. The second-order valence-corrected chi connectivity index (χ2v) is 8.94. The molecule has 0 amide bonds. The third kappa shape index (κ3) is 3.52. The molecule has 0 unspecified atom stereocenters. The van der Waals surface area contributed by atoms with Crippen molar-refractivity contribution < 1.29 is 15.3 Å². The predicted octanol–water partition coefficient (Wildman–Crippen LogP) is 3.67. The molecule has 2 fully saturated rings. The molecule has 0 aromatic rings. The van der Waals surface area contributed by atoms with Gasteiger partial charge in [0.05, 0.1) is 12.2 Å². The zero-order valence-electron chi connectivity index (χ0n) is 15.4. The van der Waals surface area contributed by atoms with E-state index in [9.17, 15) is 10.2 Å². The Labute approximate surface area is 141 Å². The molecule has 3 nitrogen and oxygen atoms in total. The molecule has 2 rings (SSSR count). The van der Waals surface area contributed by atoms with Gasteiger partial charge in [-0.25, -0.2) is 0 Å². The maximum atomic E-state index is 11.1. The van der Waals surface area contributed by atoms with Crippen LogP contribution in [0.1, 0.15) is 72.6 Å². The smallest absolute Gasteiger partial charge is 0.0653 e. The molecule has 0 aromatic carbocycles. The van der Waals surface area contributed by atoms with Gasteiger partial charge in [0, 0.05) is 6.61 Å². The lowest BCUT2D eigenvalue weighted by atomic mass is 9.45. The summed E-state index contributed by atoms with van der Waals surface area (Å²) in [6.45, 7) is 9.01. The second-order valence-electron chi connectivity index (χ2n) is 8.94. The van der Waals surface area contributed by atoms with Gasteiger partial charge in [-0.05, 0) is 75.0 Å². The van der Waals surface area contributed by atoms with Gasteiger partial charge in [-0.15, -0.1) is 0 Å². The SMILES string of the molecule is C/C(=C/CO)CC[C@H]1[C@]2(C)CCC[C@](C)(CO)[C@H]2CC[C@]1(C)O. The van der Waals surface area contributed by atoms with Gasteiger partial charge in [0.2, 0.25) is 0 Å². The number of aliphatic hydroxyl groups excluding tert-OH is 2. The molecule has 0 spiro atoms. The summed E-state index contributed by atoms with van der Waals surface area (Å²) in [6, 6.07) is 0. The molecule has 2 aliphatic carbocycles. The summed E-state index contributed by atoms with van der Waals surface area (Å²) in [4.78, 5) is 0. The summed E-state index contributed by atoms with van der Waals surface area (Å²) < 4.78 is 0.